The quantitative estimate of drug-likeness (QED) is 0.554. The summed E-state index contributed by atoms with van der Waals surface area (Å²) in [5.41, 5.74) is 2.36. The van der Waals surface area contributed by atoms with Crippen LogP contribution in [-0.4, -0.2) is 47.5 Å². The zero-order valence-electron chi connectivity index (χ0n) is 20.9. The van der Waals surface area contributed by atoms with E-state index in [9.17, 15) is 19.1 Å². The van der Waals surface area contributed by atoms with Crippen molar-refractivity contribution in [2.24, 2.45) is 29.6 Å². The molecular formula is C29H33FN2O5. The molecule has 1 aromatic carbocycles. The van der Waals surface area contributed by atoms with E-state index in [1.165, 1.54) is 12.1 Å². The average molecular weight is 509 g/mol. The Morgan fingerprint density at radius 2 is 2.11 bits per heavy atom. The first-order chi connectivity index (χ1) is 18.0. The van der Waals surface area contributed by atoms with Crippen molar-refractivity contribution in [2.75, 3.05) is 13.2 Å². The van der Waals surface area contributed by atoms with E-state index in [-0.39, 0.29) is 48.3 Å². The van der Waals surface area contributed by atoms with E-state index in [1.54, 1.807) is 19.2 Å². The standard InChI is InChI=1S/C29H33FN2O5/c1-2-36-29(35)32-22-9-10-23-19(13-22)14-26-27(25(16-33)28(34)37-26)24(23)11-8-21-7-6-18(15-31-21)17-4-3-5-20(30)12-17/h3-8,11-12,15,19,22-27,33H,2,9-10,13-14,16H2,1H3,(H,32,35)/b11-8+/t19-,22-,23+,24-,25+,26+,27+/m0/s1. The fraction of sp³-hybridized carbons (Fsp3) is 0.483. The third-order valence-corrected chi connectivity index (χ3v) is 8.21. The van der Waals surface area contributed by atoms with Crippen LogP contribution >= 0.6 is 0 Å². The maximum Gasteiger partial charge on any atom is 0.407 e. The lowest BCUT2D eigenvalue weighted by atomic mass is 9.58. The number of nitrogens with one attached hydrogen (secondary N) is 1. The highest BCUT2D eigenvalue weighted by molar-refractivity contribution is 5.75. The van der Waals surface area contributed by atoms with Crippen molar-refractivity contribution < 1.29 is 28.6 Å². The first-order valence-electron chi connectivity index (χ1n) is 13.1. The first kappa shape index (κ1) is 25.4. The normalized spacial score (nSPS) is 30.9. The van der Waals surface area contributed by atoms with Gasteiger partial charge in [-0.25, -0.2) is 9.18 Å². The molecule has 2 saturated carbocycles. The second kappa shape index (κ2) is 11.0. The van der Waals surface area contributed by atoms with Crippen LogP contribution in [-0.2, 0) is 14.3 Å². The molecule has 8 heteroatoms. The number of hydrogen-bond acceptors (Lipinski definition) is 6. The summed E-state index contributed by atoms with van der Waals surface area (Å²) in [4.78, 5) is 29.1. The third kappa shape index (κ3) is 5.39. The van der Waals surface area contributed by atoms with Crippen molar-refractivity contribution in [3.8, 4) is 11.1 Å². The summed E-state index contributed by atoms with van der Waals surface area (Å²) in [5, 5.41) is 13.0. The minimum Gasteiger partial charge on any atom is -0.462 e. The number of ether oxygens (including phenoxy) is 2. The highest BCUT2D eigenvalue weighted by Crippen LogP contribution is 2.52. The minimum absolute atomic E-state index is 0.0317. The highest BCUT2D eigenvalue weighted by Gasteiger charge is 2.55. The number of benzene rings is 1. The summed E-state index contributed by atoms with van der Waals surface area (Å²) in [6.07, 6.45) is 8.47. The van der Waals surface area contributed by atoms with Gasteiger partial charge in [0.2, 0.25) is 0 Å². The van der Waals surface area contributed by atoms with Gasteiger partial charge < -0.3 is 19.9 Å². The fourth-order valence-corrected chi connectivity index (χ4v) is 6.59. The molecule has 2 aromatic rings. The van der Waals surface area contributed by atoms with Crippen LogP contribution in [0, 0.1) is 35.4 Å². The lowest BCUT2D eigenvalue weighted by Crippen LogP contribution is -2.49. The van der Waals surface area contributed by atoms with E-state index in [4.69, 9.17) is 9.47 Å². The van der Waals surface area contributed by atoms with Crippen LogP contribution in [0.3, 0.4) is 0 Å². The summed E-state index contributed by atoms with van der Waals surface area (Å²) in [6, 6.07) is 10.3. The predicted octanol–water partition coefficient (Wildman–Crippen LogP) is 4.60. The smallest absolute Gasteiger partial charge is 0.407 e. The zero-order valence-corrected chi connectivity index (χ0v) is 20.9. The number of amides is 1. The molecule has 2 heterocycles. The molecular weight excluding hydrogens is 475 g/mol. The Bertz CT molecular complexity index is 1150. The Labute approximate surface area is 216 Å². The lowest BCUT2D eigenvalue weighted by molar-refractivity contribution is -0.146. The number of esters is 1. The summed E-state index contributed by atoms with van der Waals surface area (Å²) in [6.45, 7) is 1.89. The Balaban J connectivity index is 1.35. The van der Waals surface area contributed by atoms with Crippen molar-refractivity contribution in [3.63, 3.8) is 0 Å². The molecule has 0 radical (unpaired) electrons. The van der Waals surface area contributed by atoms with Crippen LogP contribution in [0.1, 0.15) is 38.3 Å². The Morgan fingerprint density at radius 1 is 1.24 bits per heavy atom. The molecule has 3 fully saturated rings. The summed E-state index contributed by atoms with van der Waals surface area (Å²) >= 11 is 0. The Morgan fingerprint density at radius 3 is 2.84 bits per heavy atom. The van der Waals surface area contributed by atoms with Crippen molar-refractivity contribution >= 4 is 18.1 Å². The first-order valence-corrected chi connectivity index (χ1v) is 13.1. The number of carbonyl (C=O) groups is 2. The summed E-state index contributed by atoms with van der Waals surface area (Å²) in [7, 11) is 0. The van der Waals surface area contributed by atoms with E-state index >= 15 is 0 Å². The number of alkyl carbamates (subject to hydrolysis) is 1. The van der Waals surface area contributed by atoms with Gasteiger partial charge in [0.25, 0.3) is 0 Å². The SMILES string of the molecule is CCOC(=O)N[C@H]1CC[C@@H]2[C@@H](C1)C[C@H]1OC(=O)[C@H](CO)[C@H]1[C@H]2/C=C/c1ccc(-c2cccc(F)c2)cn1. The van der Waals surface area contributed by atoms with Gasteiger partial charge in [-0.3, -0.25) is 9.78 Å². The molecule has 2 N–H and O–H groups in total. The van der Waals surface area contributed by atoms with Gasteiger partial charge in [-0.1, -0.05) is 24.3 Å². The number of fused-ring (bicyclic) bond motifs is 2. The van der Waals surface area contributed by atoms with Crippen LogP contribution in [0.25, 0.3) is 17.2 Å². The van der Waals surface area contributed by atoms with Crippen LogP contribution in [0.4, 0.5) is 9.18 Å². The molecule has 5 rings (SSSR count). The number of pyridine rings is 1. The monoisotopic (exact) mass is 508 g/mol. The molecule has 37 heavy (non-hydrogen) atoms. The Kier molecular flexibility index (Phi) is 7.55. The molecule has 0 spiro atoms. The molecule has 1 amide bonds. The van der Waals surface area contributed by atoms with E-state index in [0.29, 0.717) is 12.5 Å². The number of rotatable bonds is 6. The van der Waals surface area contributed by atoms with Crippen molar-refractivity contribution in [3.05, 3.63) is 60.2 Å². The van der Waals surface area contributed by atoms with Gasteiger partial charge >= 0.3 is 12.1 Å². The van der Waals surface area contributed by atoms with E-state index in [2.05, 4.69) is 16.4 Å². The van der Waals surface area contributed by atoms with Gasteiger partial charge in [-0.15, -0.1) is 0 Å². The van der Waals surface area contributed by atoms with Crippen molar-refractivity contribution in [2.45, 2.75) is 44.8 Å². The van der Waals surface area contributed by atoms with Crippen molar-refractivity contribution in [1.82, 2.24) is 10.3 Å². The number of hydrogen-bond donors (Lipinski definition) is 2. The Hall–Kier alpha value is -3.26. The average Bonchev–Trinajstić information content (AvgIpc) is 3.21. The number of carbonyl (C=O) groups excluding carboxylic acids is 2. The van der Waals surface area contributed by atoms with Gasteiger partial charge in [0.15, 0.2) is 0 Å². The van der Waals surface area contributed by atoms with Crippen LogP contribution < -0.4 is 5.32 Å². The maximum absolute atomic E-state index is 13.6. The van der Waals surface area contributed by atoms with Gasteiger partial charge in [-0.2, -0.15) is 0 Å². The van der Waals surface area contributed by atoms with Gasteiger partial charge in [0.1, 0.15) is 11.9 Å². The molecule has 0 unspecified atom stereocenters. The van der Waals surface area contributed by atoms with Crippen molar-refractivity contribution in [1.29, 1.82) is 0 Å². The molecule has 1 aliphatic heterocycles. The summed E-state index contributed by atoms with van der Waals surface area (Å²) in [5.74, 6) is -0.593. The molecule has 3 aliphatic rings. The van der Waals surface area contributed by atoms with E-state index in [1.807, 2.05) is 24.3 Å². The molecule has 2 aliphatic carbocycles. The van der Waals surface area contributed by atoms with Crippen LogP contribution in [0.5, 0.6) is 0 Å². The van der Waals surface area contributed by atoms with Gasteiger partial charge in [0.05, 0.1) is 24.8 Å². The fourth-order valence-electron chi connectivity index (χ4n) is 6.59. The zero-order chi connectivity index (χ0) is 25.9. The second-order valence-corrected chi connectivity index (χ2v) is 10.3. The number of aliphatic hydroxyl groups is 1. The van der Waals surface area contributed by atoms with Crippen LogP contribution in [0.2, 0.25) is 0 Å². The van der Waals surface area contributed by atoms with Gasteiger partial charge in [-0.05, 0) is 80.2 Å². The van der Waals surface area contributed by atoms with E-state index < -0.39 is 12.0 Å². The van der Waals surface area contributed by atoms with Crippen LogP contribution in [0.15, 0.2) is 48.7 Å². The maximum atomic E-state index is 13.6. The molecule has 1 aromatic heterocycles. The number of aromatic nitrogens is 1. The molecule has 0 bridgehead atoms. The largest absolute Gasteiger partial charge is 0.462 e. The number of allylic oxidation sites excluding steroid dienone is 1. The third-order valence-electron chi connectivity index (χ3n) is 8.21. The molecule has 7 atom stereocenters. The van der Waals surface area contributed by atoms with Gasteiger partial charge in [0, 0.05) is 23.7 Å². The number of aliphatic hydroxyl groups excluding tert-OH is 1. The highest BCUT2D eigenvalue weighted by atomic mass is 19.1. The minimum atomic E-state index is -0.528. The lowest BCUT2D eigenvalue weighted by Gasteiger charge is -2.47. The second-order valence-electron chi connectivity index (χ2n) is 10.3. The number of halogens is 1. The molecule has 7 nitrogen and oxygen atoms in total. The molecule has 196 valence electrons. The van der Waals surface area contributed by atoms with E-state index in [0.717, 1.165) is 42.5 Å². The topological polar surface area (TPSA) is 97.8 Å². The molecule has 1 saturated heterocycles. The number of nitrogens with zero attached hydrogens (tertiary/aromatic N) is 1. The predicted molar refractivity (Wildman–Crippen MR) is 135 cm³/mol. The summed E-state index contributed by atoms with van der Waals surface area (Å²) < 4.78 is 24.4.